The van der Waals surface area contributed by atoms with Crippen LogP contribution < -0.4 is 10.1 Å². The first-order valence-corrected chi connectivity index (χ1v) is 9.61. The molecule has 8 nitrogen and oxygen atoms in total. The van der Waals surface area contributed by atoms with Crippen LogP contribution in [-0.2, 0) is 7.05 Å². The standard InChI is InChI=1S/C22H23N5O3/c1-14-21(27(28)29)22(26(2)25-14)24-12-18(15-8-10-16(30-3)11-9-15)19-13-23-20-7-5-4-6-17(19)20/h4-11,13,18,23-24H,12H2,1-3H3. The first-order valence-electron chi connectivity index (χ1n) is 9.61. The highest BCUT2D eigenvalue weighted by Crippen LogP contribution is 2.34. The third kappa shape index (κ3) is 3.47. The molecule has 4 rings (SSSR count). The van der Waals surface area contributed by atoms with Gasteiger partial charge in [0.15, 0.2) is 0 Å². The molecule has 2 N–H and O–H groups in total. The highest BCUT2D eigenvalue weighted by Gasteiger charge is 2.26. The monoisotopic (exact) mass is 405 g/mol. The number of aromatic nitrogens is 3. The molecule has 154 valence electrons. The van der Waals surface area contributed by atoms with Crippen LogP contribution in [0.15, 0.2) is 54.7 Å². The van der Waals surface area contributed by atoms with Gasteiger partial charge in [-0.3, -0.25) is 10.1 Å². The summed E-state index contributed by atoms with van der Waals surface area (Å²) in [6, 6.07) is 16.0. The molecule has 0 saturated carbocycles. The number of benzene rings is 2. The fraction of sp³-hybridized carbons (Fsp3) is 0.227. The van der Waals surface area contributed by atoms with E-state index in [9.17, 15) is 10.1 Å². The van der Waals surface area contributed by atoms with Crippen molar-refractivity contribution in [2.45, 2.75) is 12.8 Å². The van der Waals surface area contributed by atoms with Crippen molar-refractivity contribution in [3.63, 3.8) is 0 Å². The van der Waals surface area contributed by atoms with Crippen LogP contribution in [-0.4, -0.2) is 33.3 Å². The molecule has 1 unspecified atom stereocenters. The third-order valence-electron chi connectivity index (χ3n) is 5.36. The summed E-state index contributed by atoms with van der Waals surface area (Å²) in [5, 5.41) is 20.1. The lowest BCUT2D eigenvalue weighted by atomic mass is 9.90. The van der Waals surface area contributed by atoms with Gasteiger partial charge in [0.05, 0.1) is 12.0 Å². The second-order valence-electron chi connectivity index (χ2n) is 7.16. The van der Waals surface area contributed by atoms with Gasteiger partial charge in [0.25, 0.3) is 0 Å². The number of nitrogens with one attached hydrogen (secondary N) is 2. The van der Waals surface area contributed by atoms with Gasteiger partial charge in [-0.05, 0) is 36.2 Å². The van der Waals surface area contributed by atoms with E-state index in [1.54, 1.807) is 21.1 Å². The Hall–Kier alpha value is -3.81. The van der Waals surface area contributed by atoms with Gasteiger partial charge in [0.1, 0.15) is 11.4 Å². The maximum Gasteiger partial charge on any atom is 0.333 e. The number of rotatable bonds is 7. The molecule has 2 heterocycles. The molecule has 0 spiro atoms. The Balaban J connectivity index is 1.74. The number of methoxy groups -OCH3 is 1. The number of anilines is 1. The van der Waals surface area contributed by atoms with E-state index in [0.717, 1.165) is 27.8 Å². The van der Waals surface area contributed by atoms with Crippen LogP contribution in [0.25, 0.3) is 10.9 Å². The van der Waals surface area contributed by atoms with E-state index in [2.05, 4.69) is 21.5 Å². The summed E-state index contributed by atoms with van der Waals surface area (Å²) in [6.07, 6.45) is 2.00. The summed E-state index contributed by atoms with van der Waals surface area (Å²) in [5.41, 5.74) is 3.63. The lowest BCUT2D eigenvalue weighted by molar-refractivity contribution is -0.384. The van der Waals surface area contributed by atoms with Gasteiger partial charge in [-0.25, -0.2) is 4.68 Å². The van der Waals surface area contributed by atoms with Crippen molar-refractivity contribution in [1.82, 2.24) is 14.8 Å². The number of para-hydroxylation sites is 1. The predicted octanol–water partition coefficient (Wildman–Crippen LogP) is 4.37. The fourth-order valence-electron chi connectivity index (χ4n) is 3.89. The van der Waals surface area contributed by atoms with E-state index in [0.29, 0.717) is 18.1 Å². The highest BCUT2D eigenvalue weighted by molar-refractivity contribution is 5.84. The summed E-state index contributed by atoms with van der Waals surface area (Å²) >= 11 is 0. The number of nitro groups is 1. The molecule has 0 fully saturated rings. The molecule has 1 atom stereocenters. The van der Waals surface area contributed by atoms with Gasteiger partial charge in [-0.15, -0.1) is 0 Å². The fourth-order valence-corrected chi connectivity index (χ4v) is 3.89. The van der Waals surface area contributed by atoms with Gasteiger partial charge in [-0.1, -0.05) is 30.3 Å². The number of hydrogen-bond donors (Lipinski definition) is 2. The molecule has 0 radical (unpaired) electrons. The van der Waals surface area contributed by atoms with Crippen LogP contribution >= 0.6 is 0 Å². The summed E-state index contributed by atoms with van der Waals surface area (Å²) in [7, 11) is 3.34. The Labute approximate surface area is 173 Å². The largest absolute Gasteiger partial charge is 0.497 e. The topological polar surface area (TPSA) is 98.0 Å². The van der Waals surface area contributed by atoms with Gasteiger partial charge in [0, 0.05) is 36.6 Å². The number of H-pyrrole nitrogens is 1. The molecule has 8 heteroatoms. The Morgan fingerprint density at radius 2 is 1.97 bits per heavy atom. The molecule has 4 aromatic rings. The first kappa shape index (κ1) is 19.5. The number of ether oxygens (including phenoxy) is 1. The van der Waals surface area contributed by atoms with E-state index in [1.807, 2.05) is 48.7 Å². The normalized spacial score (nSPS) is 12.1. The number of aromatic amines is 1. The van der Waals surface area contributed by atoms with Gasteiger partial charge >= 0.3 is 5.69 Å². The molecule has 0 bridgehead atoms. The zero-order valence-corrected chi connectivity index (χ0v) is 17.0. The smallest absolute Gasteiger partial charge is 0.333 e. The first-order chi connectivity index (χ1) is 14.5. The second kappa shape index (κ2) is 7.90. The Bertz CT molecular complexity index is 1190. The van der Waals surface area contributed by atoms with Crippen LogP contribution in [0.1, 0.15) is 22.7 Å². The summed E-state index contributed by atoms with van der Waals surface area (Å²) < 4.78 is 6.81. The summed E-state index contributed by atoms with van der Waals surface area (Å²) in [5.74, 6) is 1.14. The minimum absolute atomic E-state index is 0.00454. The SMILES string of the molecule is COc1ccc(C(CNc2c([N+](=O)[O-])c(C)nn2C)c2c[nH]c3ccccc23)cc1. The van der Waals surface area contributed by atoms with E-state index in [1.165, 1.54) is 4.68 Å². The molecule has 0 saturated heterocycles. The summed E-state index contributed by atoms with van der Waals surface area (Å²) in [6.45, 7) is 2.11. The molecule has 0 aliphatic rings. The molecule has 0 aliphatic carbocycles. The van der Waals surface area contributed by atoms with Crippen molar-refractivity contribution in [3.05, 3.63) is 81.7 Å². The minimum Gasteiger partial charge on any atom is -0.497 e. The lowest BCUT2D eigenvalue weighted by Crippen LogP contribution is -2.16. The van der Waals surface area contributed by atoms with Crippen molar-refractivity contribution < 1.29 is 9.66 Å². The van der Waals surface area contributed by atoms with Crippen LogP contribution in [0.5, 0.6) is 5.75 Å². The Kier molecular flexibility index (Phi) is 5.14. The van der Waals surface area contributed by atoms with Crippen LogP contribution in [0.2, 0.25) is 0 Å². The Morgan fingerprint density at radius 1 is 1.23 bits per heavy atom. The van der Waals surface area contributed by atoms with Crippen molar-refractivity contribution in [2.24, 2.45) is 7.05 Å². The van der Waals surface area contributed by atoms with Crippen LogP contribution in [0.3, 0.4) is 0 Å². The van der Waals surface area contributed by atoms with E-state index in [4.69, 9.17) is 4.74 Å². The van der Waals surface area contributed by atoms with Crippen LogP contribution in [0.4, 0.5) is 11.5 Å². The number of fused-ring (bicyclic) bond motifs is 1. The predicted molar refractivity (Wildman–Crippen MR) is 116 cm³/mol. The molecule has 2 aromatic carbocycles. The molecule has 2 aromatic heterocycles. The summed E-state index contributed by atoms with van der Waals surface area (Å²) in [4.78, 5) is 14.5. The van der Waals surface area contributed by atoms with Gasteiger partial charge in [0.2, 0.25) is 5.82 Å². The zero-order valence-electron chi connectivity index (χ0n) is 17.0. The second-order valence-corrected chi connectivity index (χ2v) is 7.16. The van der Waals surface area contributed by atoms with E-state index < -0.39 is 4.92 Å². The highest BCUT2D eigenvalue weighted by atomic mass is 16.6. The van der Waals surface area contributed by atoms with Crippen LogP contribution in [0, 0.1) is 17.0 Å². The van der Waals surface area contributed by atoms with Crippen molar-refractivity contribution >= 4 is 22.4 Å². The molecular formula is C22H23N5O3. The Morgan fingerprint density at radius 3 is 2.67 bits per heavy atom. The minimum atomic E-state index is -0.390. The number of aryl methyl sites for hydroxylation is 2. The van der Waals surface area contributed by atoms with Crippen molar-refractivity contribution in [1.29, 1.82) is 0 Å². The quantitative estimate of drug-likeness (QED) is 0.351. The van der Waals surface area contributed by atoms with E-state index in [-0.39, 0.29) is 11.6 Å². The maximum atomic E-state index is 11.5. The molecule has 30 heavy (non-hydrogen) atoms. The third-order valence-corrected chi connectivity index (χ3v) is 5.36. The number of hydrogen-bond acceptors (Lipinski definition) is 5. The maximum absolute atomic E-state index is 11.5. The average Bonchev–Trinajstić information content (AvgIpc) is 3.29. The van der Waals surface area contributed by atoms with E-state index >= 15 is 0 Å². The van der Waals surface area contributed by atoms with Gasteiger partial charge < -0.3 is 15.0 Å². The van der Waals surface area contributed by atoms with Gasteiger partial charge in [-0.2, -0.15) is 5.10 Å². The van der Waals surface area contributed by atoms with Crippen molar-refractivity contribution in [3.8, 4) is 5.75 Å². The number of nitrogens with zero attached hydrogens (tertiary/aromatic N) is 3. The zero-order chi connectivity index (χ0) is 21.3. The van der Waals surface area contributed by atoms with Crippen molar-refractivity contribution in [2.75, 3.05) is 19.0 Å². The molecule has 0 aliphatic heterocycles. The molecular weight excluding hydrogens is 382 g/mol. The lowest BCUT2D eigenvalue weighted by Gasteiger charge is -2.19. The average molecular weight is 405 g/mol. The molecule has 0 amide bonds.